The summed E-state index contributed by atoms with van der Waals surface area (Å²) >= 11 is 6.03. The van der Waals surface area contributed by atoms with E-state index in [1.54, 1.807) is 51.1 Å². The van der Waals surface area contributed by atoms with Gasteiger partial charge in [0.2, 0.25) is 0 Å². The quantitative estimate of drug-likeness (QED) is 0.232. The highest BCUT2D eigenvalue weighted by molar-refractivity contribution is 6.31. The average Bonchev–Trinajstić information content (AvgIpc) is 3.07. The molecule has 0 radical (unpaired) electrons. The molecule has 0 unspecified atom stereocenters. The number of fused-ring (bicyclic) bond motifs is 4. The van der Waals surface area contributed by atoms with Crippen LogP contribution in [0.15, 0.2) is 46.3 Å². The second kappa shape index (κ2) is 8.79. The molecule has 2 aromatic carbocycles. The predicted molar refractivity (Wildman–Crippen MR) is 126 cm³/mol. The first-order valence-electron chi connectivity index (χ1n) is 10.4. The minimum Gasteiger partial charge on any atom is -0.444 e. The fraction of sp³-hybridized carbons (Fsp3) is 0.261. The number of hydrogen-bond donors (Lipinski definition) is 3. The van der Waals surface area contributed by atoms with Crippen LogP contribution < -0.4 is 16.2 Å². The molecule has 1 aliphatic heterocycles. The Balaban J connectivity index is 1.55. The fourth-order valence-corrected chi connectivity index (χ4v) is 3.75. The van der Waals surface area contributed by atoms with Crippen molar-refractivity contribution in [2.45, 2.75) is 26.4 Å². The van der Waals surface area contributed by atoms with Gasteiger partial charge in [-0.15, -0.1) is 0 Å². The van der Waals surface area contributed by atoms with Crippen LogP contribution in [0.3, 0.4) is 0 Å². The maximum atomic E-state index is 13.1. The van der Waals surface area contributed by atoms with Crippen molar-refractivity contribution in [1.29, 1.82) is 0 Å². The molecule has 11 heteroatoms. The third kappa shape index (κ3) is 4.44. The number of carbonyl (C=O) groups excluding carboxylic acids is 2. The summed E-state index contributed by atoms with van der Waals surface area (Å²) in [6.45, 7) is 5.61. The van der Waals surface area contributed by atoms with E-state index in [1.807, 2.05) is 0 Å². The minimum absolute atomic E-state index is 0.0650. The average molecular weight is 484 g/mol. The lowest BCUT2D eigenvalue weighted by atomic mass is 10.1. The Kier molecular flexibility index (Phi) is 6.01. The Labute approximate surface area is 199 Å². The largest absolute Gasteiger partial charge is 0.444 e. The van der Waals surface area contributed by atoms with Crippen molar-refractivity contribution in [3.8, 4) is 5.69 Å². The third-order valence-electron chi connectivity index (χ3n) is 4.98. The zero-order valence-electron chi connectivity index (χ0n) is 18.7. The number of alkyl carbamates (subject to hydrolysis) is 1. The number of aromatic nitrogens is 2. The monoisotopic (exact) mass is 483 g/mol. The molecule has 176 valence electrons. The molecule has 1 aliphatic rings. The zero-order chi connectivity index (χ0) is 24.6. The minimum atomic E-state index is -0.615. The van der Waals surface area contributed by atoms with Gasteiger partial charge in [-0.1, -0.05) is 16.8 Å². The first-order chi connectivity index (χ1) is 16.1. The van der Waals surface area contributed by atoms with Gasteiger partial charge in [-0.3, -0.25) is 14.2 Å². The molecule has 0 bridgehead atoms. The van der Waals surface area contributed by atoms with Crippen LogP contribution in [0.5, 0.6) is 0 Å². The van der Waals surface area contributed by atoms with Crippen molar-refractivity contribution in [3.05, 3.63) is 68.7 Å². The number of amides is 2. The molecule has 3 aromatic rings. The summed E-state index contributed by atoms with van der Waals surface area (Å²) in [5.74, 6) is -0.254. The van der Waals surface area contributed by atoms with E-state index in [2.05, 4.69) is 20.8 Å². The fourth-order valence-electron chi connectivity index (χ4n) is 3.58. The number of oxime groups is 1. The number of hydrogen-bond acceptors (Lipinski definition) is 7. The number of nitrogens with zero attached hydrogens (tertiary/aromatic N) is 3. The normalized spacial score (nSPS) is 13.5. The summed E-state index contributed by atoms with van der Waals surface area (Å²) < 4.78 is 6.48. The van der Waals surface area contributed by atoms with Crippen LogP contribution in [0.2, 0.25) is 5.02 Å². The highest BCUT2D eigenvalue weighted by Gasteiger charge is 2.30. The van der Waals surface area contributed by atoms with Gasteiger partial charge >= 0.3 is 6.09 Å². The van der Waals surface area contributed by atoms with Gasteiger partial charge in [0.05, 0.1) is 16.6 Å². The van der Waals surface area contributed by atoms with Crippen LogP contribution in [0.4, 0.5) is 4.79 Å². The molecule has 4 rings (SSSR count). The highest BCUT2D eigenvalue weighted by Crippen LogP contribution is 2.28. The smallest absolute Gasteiger partial charge is 0.407 e. The van der Waals surface area contributed by atoms with Gasteiger partial charge in [-0.25, -0.2) is 9.78 Å². The summed E-state index contributed by atoms with van der Waals surface area (Å²) in [6.07, 6.45) is -0.576. The van der Waals surface area contributed by atoms with E-state index in [9.17, 15) is 19.6 Å². The van der Waals surface area contributed by atoms with Gasteiger partial charge in [-0.2, -0.15) is 0 Å². The van der Waals surface area contributed by atoms with E-state index >= 15 is 0 Å². The van der Waals surface area contributed by atoms with E-state index < -0.39 is 17.6 Å². The topological polar surface area (TPSA) is 135 Å². The molecule has 10 nitrogen and oxygen atoms in total. The second-order valence-electron chi connectivity index (χ2n) is 8.60. The van der Waals surface area contributed by atoms with Crippen molar-refractivity contribution >= 4 is 40.2 Å². The lowest BCUT2D eigenvalue weighted by Gasteiger charge is -2.19. The van der Waals surface area contributed by atoms with E-state index in [0.29, 0.717) is 27.2 Å². The number of halogens is 1. The summed E-state index contributed by atoms with van der Waals surface area (Å²) in [6, 6.07) is 9.41. The Bertz CT molecular complexity index is 1410. The van der Waals surface area contributed by atoms with E-state index in [1.165, 1.54) is 10.6 Å². The molecule has 0 atom stereocenters. The first kappa shape index (κ1) is 23.2. The number of benzene rings is 2. The molecule has 34 heavy (non-hydrogen) atoms. The van der Waals surface area contributed by atoms with Crippen molar-refractivity contribution in [2.24, 2.45) is 5.16 Å². The van der Waals surface area contributed by atoms with Crippen LogP contribution in [-0.2, 0) is 4.74 Å². The molecular weight excluding hydrogens is 462 g/mol. The van der Waals surface area contributed by atoms with Crippen LogP contribution in [-0.4, -0.2) is 51.2 Å². The van der Waals surface area contributed by atoms with E-state index in [-0.39, 0.29) is 35.7 Å². The lowest BCUT2D eigenvalue weighted by Crippen LogP contribution is -2.37. The molecule has 0 saturated carbocycles. The van der Waals surface area contributed by atoms with Crippen LogP contribution in [0.25, 0.3) is 16.6 Å². The van der Waals surface area contributed by atoms with Crippen LogP contribution >= 0.6 is 11.6 Å². The van der Waals surface area contributed by atoms with Crippen LogP contribution in [0.1, 0.15) is 42.5 Å². The van der Waals surface area contributed by atoms with Gasteiger partial charge in [0.25, 0.3) is 11.5 Å². The van der Waals surface area contributed by atoms with E-state index in [0.717, 1.165) is 0 Å². The molecule has 0 aliphatic carbocycles. The third-order valence-corrected chi connectivity index (χ3v) is 5.21. The molecule has 2 heterocycles. The summed E-state index contributed by atoms with van der Waals surface area (Å²) in [5.41, 5.74) is 0.584. The standard InChI is InChI=1S/C23H22ClN5O5/c1-23(2,3)34-22(32)26-9-8-25-20(30)12-4-7-17-15(10-12)18(28-33)19-27-16-11-13(24)5-6-14(16)21(31)29(17)19/h4-7,10-11,33H,8-9H2,1-3H3,(H,25,30)(H,26,32)/b28-18+. The van der Waals surface area contributed by atoms with Crippen molar-refractivity contribution in [1.82, 2.24) is 20.2 Å². The Hall–Kier alpha value is -3.92. The molecule has 3 N–H and O–H groups in total. The Morgan fingerprint density at radius 3 is 2.59 bits per heavy atom. The Morgan fingerprint density at radius 1 is 1.15 bits per heavy atom. The van der Waals surface area contributed by atoms with Gasteiger partial charge in [-0.05, 0) is 57.2 Å². The Morgan fingerprint density at radius 2 is 1.88 bits per heavy atom. The van der Waals surface area contributed by atoms with Gasteiger partial charge in [0, 0.05) is 29.2 Å². The van der Waals surface area contributed by atoms with Crippen molar-refractivity contribution in [3.63, 3.8) is 0 Å². The number of nitrogens with one attached hydrogen (secondary N) is 2. The van der Waals surface area contributed by atoms with Crippen molar-refractivity contribution in [2.75, 3.05) is 13.1 Å². The number of ether oxygens (including phenoxy) is 1. The van der Waals surface area contributed by atoms with Gasteiger partial charge < -0.3 is 20.6 Å². The SMILES string of the molecule is CC(C)(C)OC(=O)NCCNC(=O)c1ccc2c(c1)/C(=N\O)c1nc3cc(Cl)ccc3c(=O)n1-2. The van der Waals surface area contributed by atoms with Crippen molar-refractivity contribution < 1.29 is 19.5 Å². The molecule has 0 saturated heterocycles. The molecule has 0 spiro atoms. The summed E-state index contributed by atoms with van der Waals surface area (Å²) in [7, 11) is 0. The number of rotatable bonds is 4. The van der Waals surface area contributed by atoms with Gasteiger partial charge in [0.15, 0.2) is 11.5 Å². The maximum absolute atomic E-state index is 13.1. The lowest BCUT2D eigenvalue weighted by molar-refractivity contribution is 0.0526. The molecular formula is C23H22ClN5O5. The predicted octanol–water partition coefficient (Wildman–Crippen LogP) is 2.83. The molecule has 1 aromatic heterocycles. The summed E-state index contributed by atoms with van der Waals surface area (Å²) in [5, 5.41) is 19.0. The summed E-state index contributed by atoms with van der Waals surface area (Å²) in [4.78, 5) is 41.9. The zero-order valence-corrected chi connectivity index (χ0v) is 19.4. The second-order valence-corrected chi connectivity index (χ2v) is 9.04. The van der Waals surface area contributed by atoms with Gasteiger partial charge in [0.1, 0.15) is 5.60 Å². The molecule has 2 amide bonds. The molecule has 0 fully saturated rings. The van der Waals surface area contributed by atoms with E-state index in [4.69, 9.17) is 16.3 Å². The number of carbonyl (C=O) groups is 2. The maximum Gasteiger partial charge on any atom is 0.407 e. The first-order valence-corrected chi connectivity index (χ1v) is 10.8. The van der Waals surface area contributed by atoms with Crippen LogP contribution in [0, 0.1) is 0 Å². The highest BCUT2D eigenvalue weighted by atomic mass is 35.5.